The van der Waals surface area contributed by atoms with Gasteiger partial charge in [-0.25, -0.2) is 0 Å². The van der Waals surface area contributed by atoms with Crippen molar-refractivity contribution in [1.29, 1.82) is 10.5 Å². The Morgan fingerprint density at radius 2 is 1.13 bits per heavy atom. The van der Waals surface area contributed by atoms with Crippen molar-refractivity contribution in [2.24, 2.45) is 0 Å². The number of nitrogens with zero attached hydrogens (tertiary/aromatic N) is 4. The summed E-state index contributed by atoms with van der Waals surface area (Å²) in [5.41, 5.74) is 1.50. The summed E-state index contributed by atoms with van der Waals surface area (Å²) in [5.74, 6) is 0.724. The maximum atomic E-state index is 9.80. The lowest BCUT2D eigenvalue weighted by Gasteiger charge is -2.39. The molecule has 1 aliphatic rings. The molecule has 1 aliphatic heterocycles. The second kappa shape index (κ2) is 9.36. The molecule has 2 N–H and O–H groups in total. The summed E-state index contributed by atoms with van der Waals surface area (Å²) in [4.78, 5) is 4.10. The van der Waals surface area contributed by atoms with Crippen molar-refractivity contribution in [3.05, 3.63) is 47.5 Å². The SMILES string of the molecule is COc1cc(C(C#N)N2CCN(C(C#N)c3ccc(O)c(OC)c3)CC2)ccc1O. The van der Waals surface area contributed by atoms with Gasteiger partial charge in [-0.1, -0.05) is 12.1 Å². The number of rotatable bonds is 6. The molecular weight excluding hydrogens is 384 g/mol. The van der Waals surface area contributed by atoms with E-state index in [0.717, 1.165) is 11.1 Å². The lowest BCUT2D eigenvalue weighted by atomic mass is 10.0. The molecule has 0 radical (unpaired) electrons. The third-order valence-corrected chi connectivity index (χ3v) is 5.36. The highest BCUT2D eigenvalue weighted by atomic mass is 16.5. The number of phenolic OH excluding ortho intramolecular Hbond substituents is 2. The number of hydrogen-bond acceptors (Lipinski definition) is 8. The Labute approximate surface area is 175 Å². The van der Waals surface area contributed by atoms with Crippen LogP contribution in [0.4, 0.5) is 0 Å². The van der Waals surface area contributed by atoms with Crippen LogP contribution in [0.15, 0.2) is 36.4 Å². The Balaban J connectivity index is 1.73. The molecule has 8 heteroatoms. The van der Waals surface area contributed by atoms with E-state index in [4.69, 9.17) is 9.47 Å². The number of ether oxygens (including phenoxy) is 2. The summed E-state index contributed by atoms with van der Waals surface area (Å²) in [5, 5.41) is 39.1. The molecule has 2 unspecified atom stereocenters. The first-order valence-electron chi connectivity index (χ1n) is 9.53. The maximum absolute atomic E-state index is 9.80. The second-order valence-electron chi connectivity index (χ2n) is 7.00. The van der Waals surface area contributed by atoms with Crippen LogP contribution in [0.25, 0.3) is 0 Å². The van der Waals surface area contributed by atoms with Gasteiger partial charge in [-0.3, -0.25) is 9.80 Å². The Bertz CT molecular complexity index is 895. The molecule has 0 aliphatic carbocycles. The molecule has 0 bridgehead atoms. The average Bonchev–Trinajstić information content (AvgIpc) is 2.77. The van der Waals surface area contributed by atoms with Crippen molar-refractivity contribution < 1.29 is 19.7 Å². The zero-order valence-electron chi connectivity index (χ0n) is 16.9. The van der Waals surface area contributed by atoms with E-state index in [-0.39, 0.29) is 11.5 Å². The van der Waals surface area contributed by atoms with E-state index >= 15 is 0 Å². The van der Waals surface area contributed by atoms with Gasteiger partial charge < -0.3 is 19.7 Å². The molecule has 8 nitrogen and oxygen atoms in total. The van der Waals surface area contributed by atoms with Gasteiger partial charge in [0.1, 0.15) is 12.1 Å². The van der Waals surface area contributed by atoms with E-state index in [1.807, 2.05) is 9.80 Å². The van der Waals surface area contributed by atoms with Crippen molar-refractivity contribution in [1.82, 2.24) is 9.80 Å². The van der Waals surface area contributed by atoms with Crippen molar-refractivity contribution in [2.45, 2.75) is 12.1 Å². The fourth-order valence-electron chi connectivity index (χ4n) is 3.72. The van der Waals surface area contributed by atoms with Crippen molar-refractivity contribution in [3.63, 3.8) is 0 Å². The maximum Gasteiger partial charge on any atom is 0.160 e. The largest absolute Gasteiger partial charge is 0.504 e. The van der Waals surface area contributed by atoms with Gasteiger partial charge in [-0.05, 0) is 35.4 Å². The Kier molecular flexibility index (Phi) is 6.63. The molecule has 1 heterocycles. The van der Waals surface area contributed by atoms with Crippen LogP contribution in [0.2, 0.25) is 0 Å². The number of methoxy groups -OCH3 is 2. The molecule has 2 aromatic rings. The van der Waals surface area contributed by atoms with Gasteiger partial charge in [0.05, 0.1) is 26.4 Å². The third-order valence-electron chi connectivity index (χ3n) is 5.36. The van der Waals surface area contributed by atoms with E-state index in [0.29, 0.717) is 37.7 Å². The van der Waals surface area contributed by atoms with Gasteiger partial charge in [0, 0.05) is 26.2 Å². The molecule has 3 rings (SSSR count). The molecule has 0 amide bonds. The van der Waals surface area contributed by atoms with Gasteiger partial charge in [0.2, 0.25) is 0 Å². The summed E-state index contributed by atoms with van der Waals surface area (Å²) in [6.45, 7) is 2.42. The van der Waals surface area contributed by atoms with Crippen LogP contribution in [0.3, 0.4) is 0 Å². The number of nitriles is 2. The fourth-order valence-corrected chi connectivity index (χ4v) is 3.72. The zero-order valence-corrected chi connectivity index (χ0v) is 16.9. The van der Waals surface area contributed by atoms with Crippen molar-refractivity contribution in [3.8, 4) is 35.1 Å². The highest BCUT2D eigenvalue weighted by Gasteiger charge is 2.30. The van der Waals surface area contributed by atoms with E-state index < -0.39 is 12.1 Å². The topological polar surface area (TPSA) is 113 Å². The summed E-state index contributed by atoms with van der Waals surface area (Å²) in [7, 11) is 2.94. The summed E-state index contributed by atoms with van der Waals surface area (Å²) < 4.78 is 10.3. The lowest BCUT2D eigenvalue weighted by Crippen LogP contribution is -2.48. The predicted molar refractivity (Wildman–Crippen MR) is 109 cm³/mol. The number of phenols is 2. The van der Waals surface area contributed by atoms with Gasteiger partial charge >= 0.3 is 0 Å². The van der Waals surface area contributed by atoms with Crippen LogP contribution >= 0.6 is 0 Å². The fraction of sp³-hybridized carbons (Fsp3) is 0.364. The van der Waals surface area contributed by atoms with Crippen LogP contribution in [0, 0.1) is 22.7 Å². The van der Waals surface area contributed by atoms with Gasteiger partial charge in [-0.2, -0.15) is 10.5 Å². The standard InChI is InChI=1S/C22H24N4O4/c1-29-21-11-15(3-5-19(21)27)17(13-23)25-7-9-26(10-8-25)18(14-24)16-4-6-20(28)22(12-16)30-2/h3-6,11-12,17-18,27-28H,7-10H2,1-2H3. The first-order chi connectivity index (χ1) is 14.5. The Hall–Kier alpha value is -3.46. The summed E-state index contributed by atoms with van der Waals surface area (Å²) >= 11 is 0. The quantitative estimate of drug-likeness (QED) is 0.750. The number of hydrogen-bond donors (Lipinski definition) is 2. The van der Waals surface area contributed by atoms with E-state index in [2.05, 4.69) is 12.1 Å². The van der Waals surface area contributed by atoms with E-state index in [1.54, 1.807) is 24.3 Å². The highest BCUT2D eigenvalue weighted by Crippen LogP contribution is 2.33. The summed E-state index contributed by atoms with van der Waals surface area (Å²) in [6.07, 6.45) is 0. The van der Waals surface area contributed by atoms with Crippen LogP contribution in [-0.2, 0) is 0 Å². The molecule has 0 saturated carbocycles. The van der Waals surface area contributed by atoms with Crippen LogP contribution < -0.4 is 9.47 Å². The van der Waals surface area contributed by atoms with E-state index in [9.17, 15) is 20.7 Å². The lowest BCUT2D eigenvalue weighted by molar-refractivity contribution is 0.0977. The minimum Gasteiger partial charge on any atom is -0.504 e. The molecule has 2 atom stereocenters. The number of benzene rings is 2. The second-order valence-corrected chi connectivity index (χ2v) is 7.00. The van der Waals surface area contributed by atoms with Gasteiger partial charge in [0.15, 0.2) is 23.0 Å². The van der Waals surface area contributed by atoms with Crippen molar-refractivity contribution in [2.75, 3.05) is 40.4 Å². The highest BCUT2D eigenvalue weighted by molar-refractivity contribution is 5.45. The predicted octanol–water partition coefficient (Wildman–Crippen LogP) is 2.56. The molecular formula is C22H24N4O4. The van der Waals surface area contributed by atoms with Gasteiger partial charge in [-0.15, -0.1) is 0 Å². The minimum absolute atomic E-state index is 0.0314. The molecule has 2 aromatic carbocycles. The monoisotopic (exact) mass is 408 g/mol. The number of aromatic hydroxyl groups is 2. The zero-order chi connectivity index (χ0) is 21.7. The molecule has 0 spiro atoms. The first kappa shape index (κ1) is 21.3. The van der Waals surface area contributed by atoms with E-state index in [1.165, 1.54) is 26.4 Å². The van der Waals surface area contributed by atoms with Crippen LogP contribution in [0.1, 0.15) is 23.2 Å². The van der Waals surface area contributed by atoms with Crippen LogP contribution in [0.5, 0.6) is 23.0 Å². The Morgan fingerprint density at radius 3 is 1.43 bits per heavy atom. The summed E-state index contributed by atoms with van der Waals surface area (Å²) in [6, 6.07) is 13.6. The Morgan fingerprint density at radius 1 is 0.767 bits per heavy atom. The van der Waals surface area contributed by atoms with Crippen LogP contribution in [-0.4, -0.2) is 60.4 Å². The normalized spacial score (nSPS) is 16.8. The van der Waals surface area contributed by atoms with Gasteiger partial charge in [0.25, 0.3) is 0 Å². The molecule has 0 aromatic heterocycles. The number of piperazine rings is 1. The van der Waals surface area contributed by atoms with Crippen molar-refractivity contribution >= 4 is 0 Å². The molecule has 1 saturated heterocycles. The smallest absolute Gasteiger partial charge is 0.160 e. The average molecular weight is 408 g/mol. The molecule has 156 valence electrons. The first-order valence-corrected chi connectivity index (χ1v) is 9.53. The minimum atomic E-state index is -0.476. The molecule has 30 heavy (non-hydrogen) atoms. The third kappa shape index (κ3) is 4.25. The molecule has 1 fully saturated rings.